The average molecular weight is 214 g/mol. The van der Waals surface area contributed by atoms with E-state index in [1.165, 1.54) is 0 Å². The minimum atomic E-state index is -1.38. The molecule has 1 aliphatic carbocycles. The van der Waals surface area contributed by atoms with Gasteiger partial charge in [-0.25, -0.2) is 4.79 Å². The van der Waals surface area contributed by atoms with E-state index in [9.17, 15) is 20.1 Å². The molecule has 0 heterocycles. The number of aliphatic hydroxyl groups excluding tert-OH is 3. The van der Waals surface area contributed by atoms with Crippen molar-refractivity contribution in [2.75, 3.05) is 0 Å². The summed E-state index contributed by atoms with van der Waals surface area (Å²) in [7, 11) is 0. The van der Waals surface area contributed by atoms with Crippen LogP contribution in [0.1, 0.15) is 13.8 Å². The van der Waals surface area contributed by atoms with Crippen LogP contribution in [0.25, 0.3) is 0 Å². The second kappa shape index (κ2) is 4.14. The van der Waals surface area contributed by atoms with E-state index in [1.54, 1.807) is 13.8 Å². The van der Waals surface area contributed by atoms with Crippen molar-refractivity contribution in [2.45, 2.75) is 32.2 Å². The van der Waals surface area contributed by atoms with Crippen LogP contribution in [0.5, 0.6) is 0 Å². The molecule has 0 aromatic carbocycles. The molecule has 0 bridgehead atoms. The Morgan fingerprint density at radius 1 is 1.27 bits per heavy atom. The first-order valence-corrected chi connectivity index (χ1v) is 4.53. The van der Waals surface area contributed by atoms with E-state index < -0.39 is 24.3 Å². The minimum Gasteiger partial charge on any atom is -0.478 e. The van der Waals surface area contributed by atoms with Crippen LogP contribution in [0, 0.1) is 0 Å². The quantitative estimate of drug-likeness (QED) is 0.468. The number of aliphatic carboxylic acids is 1. The van der Waals surface area contributed by atoms with Gasteiger partial charge < -0.3 is 20.4 Å². The van der Waals surface area contributed by atoms with Crippen molar-refractivity contribution >= 4 is 5.97 Å². The summed E-state index contributed by atoms with van der Waals surface area (Å²) in [4.78, 5) is 10.9. The molecule has 84 valence electrons. The zero-order chi connectivity index (χ0) is 11.7. The van der Waals surface area contributed by atoms with Crippen LogP contribution in [-0.2, 0) is 4.79 Å². The number of allylic oxidation sites excluding steroid dienone is 1. The van der Waals surface area contributed by atoms with E-state index >= 15 is 0 Å². The summed E-state index contributed by atoms with van der Waals surface area (Å²) in [5.41, 5.74) is 0.614. The first-order chi connectivity index (χ1) is 6.86. The predicted octanol–water partition coefficient (Wildman–Crippen LogP) is -0.570. The molecular weight excluding hydrogens is 200 g/mol. The molecule has 0 fully saturated rings. The molecule has 5 heteroatoms. The summed E-state index contributed by atoms with van der Waals surface area (Å²) in [6.45, 7) is 3.28. The fourth-order valence-corrected chi connectivity index (χ4v) is 1.63. The number of hydrogen-bond acceptors (Lipinski definition) is 4. The van der Waals surface area contributed by atoms with Gasteiger partial charge in [0, 0.05) is 0 Å². The van der Waals surface area contributed by atoms with Gasteiger partial charge in [-0.1, -0.05) is 5.57 Å². The highest BCUT2D eigenvalue weighted by Gasteiger charge is 2.36. The molecular formula is C10H14O5. The standard InChI is InChI=1S/C10H14O5/c1-4(2)7-5(10(14)15)3-6(11)8(12)9(7)13/h3,6,8-9,11-13H,1-2H3,(H,14,15). The summed E-state index contributed by atoms with van der Waals surface area (Å²) in [6, 6.07) is 0. The zero-order valence-electron chi connectivity index (χ0n) is 8.51. The molecule has 0 radical (unpaired) electrons. The van der Waals surface area contributed by atoms with E-state index in [1.807, 2.05) is 0 Å². The maximum atomic E-state index is 10.9. The largest absolute Gasteiger partial charge is 0.478 e. The summed E-state index contributed by atoms with van der Waals surface area (Å²) >= 11 is 0. The van der Waals surface area contributed by atoms with Crippen LogP contribution in [0.4, 0.5) is 0 Å². The second-order valence-corrected chi connectivity index (χ2v) is 3.73. The van der Waals surface area contributed by atoms with Crippen LogP contribution in [0.3, 0.4) is 0 Å². The van der Waals surface area contributed by atoms with Gasteiger partial charge in [0.1, 0.15) is 18.3 Å². The van der Waals surface area contributed by atoms with Crippen molar-refractivity contribution in [3.05, 3.63) is 22.8 Å². The van der Waals surface area contributed by atoms with Gasteiger partial charge in [0.15, 0.2) is 0 Å². The zero-order valence-corrected chi connectivity index (χ0v) is 8.51. The fraction of sp³-hybridized carbons (Fsp3) is 0.500. The molecule has 0 aromatic heterocycles. The van der Waals surface area contributed by atoms with E-state index in [0.717, 1.165) is 6.08 Å². The number of rotatable bonds is 1. The van der Waals surface area contributed by atoms with Gasteiger partial charge >= 0.3 is 5.97 Å². The topological polar surface area (TPSA) is 98.0 Å². The molecule has 0 aromatic rings. The van der Waals surface area contributed by atoms with Crippen molar-refractivity contribution < 1.29 is 25.2 Å². The molecule has 1 aliphatic rings. The van der Waals surface area contributed by atoms with Gasteiger partial charge in [0.2, 0.25) is 0 Å². The van der Waals surface area contributed by atoms with Crippen molar-refractivity contribution in [1.29, 1.82) is 0 Å². The lowest BCUT2D eigenvalue weighted by atomic mass is 9.85. The van der Waals surface area contributed by atoms with Crippen LogP contribution in [-0.4, -0.2) is 44.7 Å². The molecule has 3 unspecified atom stereocenters. The van der Waals surface area contributed by atoms with Gasteiger partial charge in [0.05, 0.1) is 5.57 Å². The summed E-state index contributed by atoms with van der Waals surface area (Å²) in [5.74, 6) is -1.23. The summed E-state index contributed by atoms with van der Waals surface area (Å²) < 4.78 is 0. The van der Waals surface area contributed by atoms with Gasteiger partial charge in [-0.3, -0.25) is 0 Å². The Morgan fingerprint density at radius 3 is 2.20 bits per heavy atom. The average Bonchev–Trinajstić information content (AvgIpc) is 2.12. The van der Waals surface area contributed by atoms with Crippen molar-refractivity contribution in [3.63, 3.8) is 0 Å². The molecule has 1 rings (SSSR count). The normalized spacial score (nSPS) is 31.1. The van der Waals surface area contributed by atoms with Crippen LogP contribution >= 0.6 is 0 Å². The van der Waals surface area contributed by atoms with E-state index in [2.05, 4.69) is 0 Å². The Labute approximate surface area is 87.0 Å². The second-order valence-electron chi connectivity index (χ2n) is 3.73. The lowest BCUT2D eigenvalue weighted by molar-refractivity contribution is -0.133. The monoisotopic (exact) mass is 214 g/mol. The van der Waals surface area contributed by atoms with Gasteiger partial charge in [-0.05, 0) is 25.5 Å². The van der Waals surface area contributed by atoms with Crippen LogP contribution < -0.4 is 0 Å². The summed E-state index contributed by atoms with van der Waals surface area (Å²) in [6.07, 6.45) is -3.05. The maximum Gasteiger partial charge on any atom is 0.335 e. The number of carbonyl (C=O) groups is 1. The summed E-state index contributed by atoms with van der Waals surface area (Å²) in [5, 5.41) is 37.2. The molecule has 5 nitrogen and oxygen atoms in total. The smallest absolute Gasteiger partial charge is 0.335 e. The third-order valence-corrected chi connectivity index (χ3v) is 2.37. The maximum absolute atomic E-state index is 10.9. The number of aliphatic hydroxyl groups is 3. The van der Waals surface area contributed by atoms with E-state index in [4.69, 9.17) is 5.11 Å². The van der Waals surface area contributed by atoms with Crippen molar-refractivity contribution in [2.24, 2.45) is 0 Å². The molecule has 3 atom stereocenters. The first-order valence-electron chi connectivity index (χ1n) is 4.53. The first kappa shape index (κ1) is 11.9. The highest BCUT2D eigenvalue weighted by atomic mass is 16.4. The SMILES string of the molecule is CC(C)=C1C(C(=O)O)=CC(O)C(O)C1O. The van der Waals surface area contributed by atoms with Crippen molar-refractivity contribution in [1.82, 2.24) is 0 Å². The number of hydrogen-bond donors (Lipinski definition) is 4. The van der Waals surface area contributed by atoms with Gasteiger partial charge in [-0.2, -0.15) is 0 Å². The Bertz CT molecular complexity index is 338. The number of carboxylic acid groups (broad SMARTS) is 1. The van der Waals surface area contributed by atoms with Gasteiger partial charge in [0.25, 0.3) is 0 Å². The molecule has 0 saturated heterocycles. The molecule has 4 N–H and O–H groups in total. The van der Waals surface area contributed by atoms with E-state index in [0.29, 0.717) is 5.57 Å². The highest BCUT2D eigenvalue weighted by Crippen LogP contribution is 2.28. The number of carboxylic acids is 1. The van der Waals surface area contributed by atoms with Crippen molar-refractivity contribution in [3.8, 4) is 0 Å². The molecule has 0 amide bonds. The highest BCUT2D eigenvalue weighted by molar-refractivity contribution is 5.93. The Hall–Kier alpha value is -1.17. The molecule has 0 saturated carbocycles. The van der Waals surface area contributed by atoms with Gasteiger partial charge in [-0.15, -0.1) is 0 Å². The lowest BCUT2D eigenvalue weighted by Gasteiger charge is -2.29. The third kappa shape index (κ3) is 2.09. The molecule has 15 heavy (non-hydrogen) atoms. The predicted molar refractivity (Wildman–Crippen MR) is 52.1 cm³/mol. The van der Waals surface area contributed by atoms with Crippen LogP contribution in [0.2, 0.25) is 0 Å². The van der Waals surface area contributed by atoms with Crippen LogP contribution in [0.15, 0.2) is 22.8 Å². The fourth-order valence-electron chi connectivity index (χ4n) is 1.63. The third-order valence-electron chi connectivity index (χ3n) is 2.37. The minimum absolute atomic E-state index is 0.152. The Morgan fingerprint density at radius 2 is 1.80 bits per heavy atom. The molecule has 0 aliphatic heterocycles. The Kier molecular flexibility index (Phi) is 3.28. The Balaban J connectivity index is 3.29. The van der Waals surface area contributed by atoms with E-state index in [-0.39, 0.29) is 11.1 Å². The molecule has 0 spiro atoms. The lowest BCUT2D eigenvalue weighted by Crippen LogP contribution is -2.42.